The monoisotopic (exact) mass is 241 g/mol. The molecular weight excluding hydrogens is 226 g/mol. The van der Waals surface area contributed by atoms with Crippen LogP contribution in [0, 0.1) is 0 Å². The van der Waals surface area contributed by atoms with Crippen LogP contribution in [0.5, 0.6) is 0 Å². The first-order valence-electron chi connectivity index (χ1n) is 5.35. The minimum atomic E-state index is 0.333. The number of likely N-dealkylation sites (tertiary alicyclic amines) is 1. The lowest BCUT2D eigenvalue weighted by molar-refractivity contribution is 0.107. The molecule has 2 N–H and O–H groups in total. The summed E-state index contributed by atoms with van der Waals surface area (Å²) in [5, 5.41) is 0.676. The van der Waals surface area contributed by atoms with Gasteiger partial charge in [-0.25, -0.2) is 4.98 Å². The lowest BCUT2D eigenvalue weighted by Crippen LogP contribution is -2.23. The molecule has 1 aromatic heterocycles. The van der Waals surface area contributed by atoms with Crippen molar-refractivity contribution in [2.75, 3.05) is 25.9 Å². The highest BCUT2D eigenvalue weighted by atomic mass is 35.5. The third-order valence-corrected chi connectivity index (χ3v) is 3.22. The maximum absolute atomic E-state index is 6.07. The van der Waals surface area contributed by atoms with Crippen LogP contribution in [0.2, 0.25) is 5.02 Å². The largest absolute Gasteiger partial charge is 0.384 e. The molecule has 0 radical (unpaired) electrons. The van der Waals surface area contributed by atoms with E-state index >= 15 is 0 Å². The number of rotatable bonds is 3. The van der Waals surface area contributed by atoms with Crippen molar-refractivity contribution in [1.82, 2.24) is 9.88 Å². The number of nitrogen functional groups attached to an aromatic ring is 1. The molecule has 0 aliphatic carbocycles. The van der Waals surface area contributed by atoms with Gasteiger partial charge in [-0.05, 0) is 18.6 Å². The van der Waals surface area contributed by atoms with Gasteiger partial charge in [-0.2, -0.15) is 0 Å². The number of anilines is 1. The Bertz CT molecular complexity index is 372. The molecule has 16 heavy (non-hydrogen) atoms. The summed E-state index contributed by atoms with van der Waals surface area (Å²) in [5.74, 6) is 0.516. The van der Waals surface area contributed by atoms with Crippen molar-refractivity contribution >= 4 is 17.4 Å². The van der Waals surface area contributed by atoms with Crippen molar-refractivity contribution in [3.05, 3.63) is 22.8 Å². The first-order valence-corrected chi connectivity index (χ1v) is 5.73. The van der Waals surface area contributed by atoms with Gasteiger partial charge in [0.15, 0.2) is 0 Å². The van der Waals surface area contributed by atoms with Crippen LogP contribution >= 0.6 is 11.6 Å². The lowest BCUT2D eigenvalue weighted by Gasteiger charge is -2.15. The standard InChI is InChI=1S/C11H16ClN3O/c1-16-8-4-5-15(6-8)7-10-9(12)2-3-11(13)14-10/h2-3,8H,4-7H2,1H3,(H2,13,14). The maximum atomic E-state index is 6.07. The predicted octanol–water partition coefficient (Wildman–Crippen LogP) is 1.54. The Balaban J connectivity index is 2.01. The second kappa shape index (κ2) is 4.99. The highest BCUT2D eigenvalue weighted by Gasteiger charge is 2.22. The van der Waals surface area contributed by atoms with Gasteiger partial charge in [-0.15, -0.1) is 0 Å². The molecule has 1 saturated heterocycles. The van der Waals surface area contributed by atoms with Gasteiger partial charge in [0.05, 0.1) is 16.8 Å². The quantitative estimate of drug-likeness (QED) is 0.872. The van der Waals surface area contributed by atoms with Gasteiger partial charge >= 0.3 is 0 Å². The van der Waals surface area contributed by atoms with Gasteiger partial charge < -0.3 is 10.5 Å². The van der Waals surface area contributed by atoms with E-state index in [0.717, 1.165) is 31.7 Å². The van der Waals surface area contributed by atoms with Crippen LogP contribution in [0.25, 0.3) is 0 Å². The molecule has 1 unspecified atom stereocenters. The fourth-order valence-corrected chi connectivity index (χ4v) is 2.12. The van der Waals surface area contributed by atoms with Crippen molar-refractivity contribution < 1.29 is 4.74 Å². The molecule has 1 fully saturated rings. The van der Waals surface area contributed by atoms with Crippen molar-refractivity contribution in [3.8, 4) is 0 Å². The number of halogens is 1. The molecule has 1 atom stereocenters. The van der Waals surface area contributed by atoms with Crippen molar-refractivity contribution in [2.24, 2.45) is 0 Å². The molecule has 5 heteroatoms. The van der Waals surface area contributed by atoms with Crippen LogP contribution in [0.4, 0.5) is 5.82 Å². The van der Waals surface area contributed by atoms with Crippen molar-refractivity contribution in [1.29, 1.82) is 0 Å². The van der Waals surface area contributed by atoms with Gasteiger partial charge in [0.25, 0.3) is 0 Å². The summed E-state index contributed by atoms with van der Waals surface area (Å²) >= 11 is 6.07. The molecule has 2 heterocycles. The van der Waals surface area contributed by atoms with Crippen molar-refractivity contribution in [3.63, 3.8) is 0 Å². The molecule has 1 aliphatic rings. The van der Waals surface area contributed by atoms with Gasteiger partial charge in [-0.3, -0.25) is 4.90 Å². The Morgan fingerprint density at radius 1 is 1.62 bits per heavy atom. The molecule has 0 bridgehead atoms. The molecule has 0 amide bonds. The average Bonchev–Trinajstić information content (AvgIpc) is 2.71. The summed E-state index contributed by atoms with van der Waals surface area (Å²) in [5.41, 5.74) is 6.49. The average molecular weight is 242 g/mol. The van der Waals surface area contributed by atoms with Crippen LogP contribution in [-0.4, -0.2) is 36.2 Å². The Hall–Kier alpha value is -0.840. The number of hydrogen-bond donors (Lipinski definition) is 1. The van der Waals surface area contributed by atoms with Crippen molar-refractivity contribution in [2.45, 2.75) is 19.1 Å². The van der Waals surface area contributed by atoms with E-state index in [1.165, 1.54) is 0 Å². The summed E-state index contributed by atoms with van der Waals surface area (Å²) in [6.45, 7) is 2.69. The third kappa shape index (κ3) is 2.64. The molecular formula is C11H16ClN3O. The van der Waals surface area contributed by atoms with Gasteiger partial charge in [0.2, 0.25) is 0 Å². The van der Waals surface area contributed by atoms with Crippen LogP contribution in [0.1, 0.15) is 12.1 Å². The molecule has 1 aromatic rings. The van der Waals surface area contributed by atoms with E-state index in [-0.39, 0.29) is 0 Å². The van der Waals surface area contributed by atoms with Crippen LogP contribution in [-0.2, 0) is 11.3 Å². The fraction of sp³-hybridized carbons (Fsp3) is 0.545. The van der Waals surface area contributed by atoms with Gasteiger partial charge in [0.1, 0.15) is 5.82 Å². The molecule has 0 aromatic carbocycles. The number of methoxy groups -OCH3 is 1. The lowest BCUT2D eigenvalue weighted by atomic mass is 10.3. The Morgan fingerprint density at radius 2 is 2.44 bits per heavy atom. The highest BCUT2D eigenvalue weighted by molar-refractivity contribution is 6.31. The second-order valence-corrected chi connectivity index (χ2v) is 4.45. The Kier molecular flexibility index (Phi) is 3.63. The van der Waals surface area contributed by atoms with Gasteiger partial charge in [-0.1, -0.05) is 11.6 Å². The SMILES string of the molecule is COC1CCN(Cc2nc(N)ccc2Cl)C1. The van der Waals surface area contributed by atoms with E-state index < -0.39 is 0 Å². The minimum absolute atomic E-state index is 0.333. The summed E-state index contributed by atoms with van der Waals surface area (Å²) in [7, 11) is 1.75. The number of ether oxygens (including phenoxy) is 1. The molecule has 2 rings (SSSR count). The van der Waals surface area contributed by atoms with E-state index in [2.05, 4.69) is 9.88 Å². The minimum Gasteiger partial charge on any atom is -0.384 e. The molecule has 1 aliphatic heterocycles. The molecule has 88 valence electrons. The first kappa shape index (κ1) is 11.6. The van der Waals surface area contributed by atoms with E-state index in [1.54, 1.807) is 19.2 Å². The van der Waals surface area contributed by atoms with E-state index in [1.807, 2.05) is 0 Å². The Labute approximate surface area is 100 Å². The van der Waals surface area contributed by atoms with E-state index in [4.69, 9.17) is 22.1 Å². The smallest absolute Gasteiger partial charge is 0.123 e. The van der Waals surface area contributed by atoms with Crippen LogP contribution in [0.3, 0.4) is 0 Å². The molecule has 0 saturated carbocycles. The first-order chi connectivity index (χ1) is 7.69. The highest BCUT2D eigenvalue weighted by Crippen LogP contribution is 2.20. The fourth-order valence-electron chi connectivity index (χ4n) is 1.96. The Morgan fingerprint density at radius 3 is 3.12 bits per heavy atom. The van der Waals surface area contributed by atoms with Crippen LogP contribution < -0.4 is 5.73 Å². The zero-order chi connectivity index (χ0) is 11.5. The molecule has 4 nitrogen and oxygen atoms in total. The third-order valence-electron chi connectivity index (χ3n) is 2.88. The zero-order valence-corrected chi connectivity index (χ0v) is 10.1. The van der Waals surface area contributed by atoms with Crippen LogP contribution in [0.15, 0.2) is 12.1 Å². The summed E-state index contributed by atoms with van der Waals surface area (Å²) in [6, 6.07) is 3.51. The van der Waals surface area contributed by atoms with E-state index in [0.29, 0.717) is 16.9 Å². The summed E-state index contributed by atoms with van der Waals surface area (Å²) < 4.78 is 5.31. The normalized spacial score (nSPS) is 21.5. The number of pyridine rings is 1. The number of nitrogens with two attached hydrogens (primary N) is 1. The van der Waals surface area contributed by atoms with Gasteiger partial charge in [0, 0.05) is 26.7 Å². The predicted molar refractivity (Wildman–Crippen MR) is 64.4 cm³/mol. The summed E-state index contributed by atoms with van der Waals surface area (Å²) in [6.07, 6.45) is 1.40. The zero-order valence-electron chi connectivity index (χ0n) is 9.32. The summed E-state index contributed by atoms with van der Waals surface area (Å²) in [4.78, 5) is 6.53. The number of aromatic nitrogens is 1. The number of nitrogens with zero attached hydrogens (tertiary/aromatic N) is 2. The topological polar surface area (TPSA) is 51.4 Å². The number of hydrogen-bond acceptors (Lipinski definition) is 4. The maximum Gasteiger partial charge on any atom is 0.123 e. The molecule has 0 spiro atoms. The second-order valence-electron chi connectivity index (χ2n) is 4.05. The van der Waals surface area contributed by atoms with E-state index in [9.17, 15) is 0 Å².